The summed E-state index contributed by atoms with van der Waals surface area (Å²) in [4.78, 5) is 28.2. The first kappa shape index (κ1) is 16.5. The lowest BCUT2D eigenvalue weighted by Gasteiger charge is -2.28. The van der Waals surface area contributed by atoms with Crippen LogP contribution in [-0.2, 0) is 14.3 Å². The molecule has 7 heteroatoms. The van der Waals surface area contributed by atoms with Gasteiger partial charge in [-0.05, 0) is 17.7 Å². The molecule has 2 aliphatic rings. The molecule has 0 atom stereocenters. The highest BCUT2D eigenvalue weighted by Crippen LogP contribution is 2.32. The third-order valence-electron chi connectivity index (χ3n) is 3.99. The molecule has 5 nitrogen and oxygen atoms in total. The van der Waals surface area contributed by atoms with Crippen LogP contribution in [0, 0.1) is 0 Å². The van der Waals surface area contributed by atoms with E-state index in [4.69, 9.17) is 27.9 Å². The van der Waals surface area contributed by atoms with Crippen LogP contribution in [0.3, 0.4) is 0 Å². The molecule has 0 aromatic heterocycles. The average Bonchev–Trinajstić information content (AvgIpc) is 2.78. The van der Waals surface area contributed by atoms with E-state index in [1.807, 2.05) is 0 Å². The first-order chi connectivity index (χ1) is 11.1. The number of imide groups is 1. The highest BCUT2D eigenvalue weighted by atomic mass is 35.5. The SMILES string of the molecule is O=C1C(Cl)=C(c2ccc(Cl)cc2)C(=O)N1CCN1CCOCC1. The van der Waals surface area contributed by atoms with Crippen molar-refractivity contribution in [1.29, 1.82) is 0 Å². The minimum Gasteiger partial charge on any atom is -0.379 e. The molecule has 0 N–H and O–H groups in total. The molecule has 1 aromatic carbocycles. The Balaban J connectivity index is 1.72. The Morgan fingerprint density at radius 3 is 2.26 bits per heavy atom. The molecule has 3 rings (SSSR count). The molecule has 0 radical (unpaired) electrons. The number of halogens is 2. The van der Waals surface area contributed by atoms with E-state index >= 15 is 0 Å². The lowest BCUT2D eigenvalue weighted by atomic mass is 10.1. The first-order valence-corrected chi connectivity index (χ1v) is 8.15. The molecule has 122 valence electrons. The molecule has 0 spiro atoms. The Morgan fingerprint density at radius 2 is 1.61 bits per heavy atom. The lowest BCUT2D eigenvalue weighted by molar-refractivity contribution is -0.136. The predicted octanol–water partition coefficient (Wildman–Crippen LogP) is 1.99. The number of nitrogens with zero attached hydrogens (tertiary/aromatic N) is 2. The molecule has 0 aliphatic carbocycles. The molecule has 0 saturated carbocycles. The van der Waals surface area contributed by atoms with E-state index in [1.54, 1.807) is 24.3 Å². The first-order valence-electron chi connectivity index (χ1n) is 7.40. The van der Waals surface area contributed by atoms with Gasteiger partial charge >= 0.3 is 0 Å². The van der Waals surface area contributed by atoms with E-state index in [2.05, 4.69) is 4.90 Å². The van der Waals surface area contributed by atoms with Crippen LogP contribution in [0.4, 0.5) is 0 Å². The maximum atomic E-state index is 12.6. The average molecular weight is 355 g/mol. The molecule has 2 aliphatic heterocycles. The van der Waals surface area contributed by atoms with E-state index in [9.17, 15) is 9.59 Å². The van der Waals surface area contributed by atoms with Crippen LogP contribution in [-0.4, -0.2) is 61.0 Å². The molecule has 0 bridgehead atoms. The van der Waals surface area contributed by atoms with Crippen molar-refractivity contribution in [2.24, 2.45) is 0 Å². The highest BCUT2D eigenvalue weighted by Gasteiger charge is 2.38. The zero-order chi connectivity index (χ0) is 16.4. The van der Waals surface area contributed by atoms with Crippen molar-refractivity contribution in [2.45, 2.75) is 0 Å². The van der Waals surface area contributed by atoms with E-state index in [-0.39, 0.29) is 16.5 Å². The van der Waals surface area contributed by atoms with Gasteiger partial charge in [-0.25, -0.2) is 0 Å². The van der Waals surface area contributed by atoms with Crippen molar-refractivity contribution in [3.63, 3.8) is 0 Å². The summed E-state index contributed by atoms with van der Waals surface area (Å²) in [5.41, 5.74) is 0.849. The number of benzene rings is 1. The minimum atomic E-state index is -0.435. The number of hydrogen-bond donors (Lipinski definition) is 0. The Morgan fingerprint density at radius 1 is 0.957 bits per heavy atom. The van der Waals surface area contributed by atoms with Crippen molar-refractivity contribution in [3.8, 4) is 0 Å². The number of rotatable bonds is 4. The monoisotopic (exact) mass is 354 g/mol. The maximum absolute atomic E-state index is 12.6. The van der Waals surface area contributed by atoms with Gasteiger partial charge in [0.05, 0.1) is 18.8 Å². The molecule has 0 unspecified atom stereocenters. The van der Waals surface area contributed by atoms with Gasteiger partial charge < -0.3 is 4.74 Å². The maximum Gasteiger partial charge on any atom is 0.273 e. The van der Waals surface area contributed by atoms with Crippen LogP contribution in [0.2, 0.25) is 5.02 Å². The van der Waals surface area contributed by atoms with Gasteiger partial charge in [0, 0.05) is 31.2 Å². The Hall–Kier alpha value is -1.40. The van der Waals surface area contributed by atoms with Crippen LogP contribution in [0.5, 0.6) is 0 Å². The standard InChI is InChI=1S/C16H16Cl2N2O3/c17-12-3-1-11(2-4-12)13-14(18)16(22)20(15(13)21)6-5-19-7-9-23-10-8-19/h1-4H,5-10H2. The molecular formula is C16H16Cl2N2O3. The van der Waals surface area contributed by atoms with Crippen LogP contribution in [0.15, 0.2) is 29.3 Å². The summed E-state index contributed by atoms with van der Waals surface area (Å²) < 4.78 is 5.29. The van der Waals surface area contributed by atoms with Gasteiger partial charge in [0.15, 0.2) is 0 Å². The number of morpholine rings is 1. The van der Waals surface area contributed by atoms with Crippen molar-refractivity contribution < 1.29 is 14.3 Å². The van der Waals surface area contributed by atoms with Gasteiger partial charge in [-0.1, -0.05) is 35.3 Å². The Bertz CT molecular complexity index is 652. The van der Waals surface area contributed by atoms with E-state index < -0.39 is 5.91 Å². The molecule has 1 fully saturated rings. The Kier molecular flexibility index (Phi) is 5.02. The predicted molar refractivity (Wildman–Crippen MR) is 88.2 cm³/mol. The molecular weight excluding hydrogens is 339 g/mol. The van der Waals surface area contributed by atoms with Crippen molar-refractivity contribution in [3.05, 3.63) is 39.9 Å². The number of carbonyl (C=O) groups excluding carboxylic acids is 2. The van der Waals surface area contributed by atoms with Gasteiger partial charge in [0.2, 0.25) is 0 Å². The normalized spacial score (nSPS) is 19.8. The summed E-state index contributed by atoms with van der Waals surface area (Å²) in [6.45, 7) is 3.92. The zero-order valence-electron chi connectivity index (χ0n) is 12.4. The second-order valence-electron chi connectivity index (χ2n) is 5.41. The second-order valence-corrected chi connectivity index (χ2v) is 6.23. The van der Waals surface area contributed by atoms with E-state index in [1.165, 1.54) is 4.90 Å². The lowest BCUT2D eigenvalue weighted by Crippen LogP contribution is -2.43. The zero-order valence-corrected chi connectivity index (χ0v) is 13.9. The largest absolute Gasteiger partial charge is 0.379 e. The van der Waals surface area contributed by atoms with Gasteiger partial charge in [-0.3, -0.25) is 19.4 Å². The van der Waals surface area contributed by atoms with Gasteiger partial charge in [-0.2, -0.15) is 0 Å². The van der Waals surface area contributed by atoms with Crippen molar-refractivity contribution in [2.75, 3.05) is 39.4 Å². The fourth-order valence-corrected chi connectivity index (χ4v) is 3.10. The number of amides is 2. The molecule has 2 heterocycles. The summed E-state index contributed by atoms with van der Waals surface area (Å²) in [6.07, 6.45) is 0. The quantitative estimate of drug-likeness (QED) is 0.776. The van der Waals surface area contributed by atoms with E-state index in [0.717, 1.165) is 13.1 Å². The summed E-state index contributed by atoms with van der Waals surface area (Å²) >= 11 is 12.0. The van der Waals surface area contributed by atoms with Crippen molar-refractivity contribution in [1.82, 2.24) is 9.80 Å². The highest BCUT2D eigenvalue weighted by molar-refractivity contribution is 6.55. The molecule has 2 amide bonds. The molecule has 23 heavy (non-hydrogen) atoms. The number of ether oxygens (including phenoxy) is 1. The summed E-state index contributed by atoms with van der Waals surface area (Å²) in [6, 6.07) is 6.72. The van der Waals surface area contributed by atoms with Gasteiger partial charge in [0.1, 0.15) is 5.03 Å². The fraction of sp³-hybridized carbons (Fsp3) is 0.375. The van der Waals surface area contributed by atoms with Crippen LogP contribution in [0.25, 0.3) is 5.57 Å². The summed E-state index contributed by atoms with van der Waals surface area (Å²) in [5.74, 6) is -0.787. The van der Waals surface area contributed by atoms with Crippen LogP contribution < -0.4 is 0 Å². The van der Waals surface area contributed by atoms with Crippen molar-refractivity contribution >= 4 is 40.6 Å². The summed E-state index contributed by atoms with van der Waals surface area (Å²) in [5, 5.41) is 0.533. The van der Waals surface area contributed by atoms with E-state index in [0.29, 0.717) is 36.9 Å². The summed E-state index contributed by atoms with van der Waals surface area (Å²) in [7, 11) is 0. The molecule has 1 saturated heterocycles. The number of carbonyl (C=O) groups is 2. The Labute approximate surface area is 144 Å². The van der Waals surface area contributed by atoms with Crippen LogP contribution in [0.1, 0.15) is 5.56 Å². The molecule has 1 aromatic rings. The smallest absolute Gasteiger partial charge is 0.273 e. The van der Waals surface area contributed by atoms with Gasteiger partial charge in [-0.15, -0.1) is 0 Å². The van der Waals surface area contributed by atoms with Gasteiger partial charge in [0.25, 0.3) is 11.8 Å². The third kappa shape index (κ3) is 3.43. The topological polar surface area (TPSA) is 49.9 Å². The number of hydrogen-bond acceptors (Lipinski definition) is 4. The van der Waals surface area contributed by atoms with Crippen LogP contribution >= 0.6 is 23.2 Å². The fourth-order valence-electron chi connectivity index (χ4n) is 2.68. The third-order valence-corrected chi connectivity index (χ3v) is 4.59. The minimum absolute atomic E-state index is 0.0284. The second kappa shape index (κ2) is 7.01.